The summed E-state index contributed by atoms with van der Waals surface area (Å²) in [6.45, 7) is 6.15. The van der Waals surface area contributed by atoms with Crippen LogP contribution in [0.15, 0.2) is 0 Å². The van der Waals surface area contributed by atoms with Crippen molar-refractivity contribution in [2.24, 2.45) is 5.92 Å². The standard InChI is InChI=1S/C17H32F2N2O2/c1-5-6-13-7-9-14(10-8-13)20-11-17(18,19)12-21-15(22)23-16(2,3)4/h13-14,20H,5-12H2,1-4H3,(H,21,22). The first kappa shape index (κ1) is 20.1. The van der Waals surface area contributed by atoms with E-state index in [2.05, 4.69) is 17.6 Å². The highest BCUT2D eigenvalue weighted by Gasteiger charge is 2.32. The molecule has 0 aromatic carbocycles. The maximum atomic E-state index is 13.8. The fourth-order valence-corrected chi connectivity index (χ4v) is 2.94. The molecular weight excluding hydrogens is 302 g/mol. The fraction of sp³-hybridized carbons (Fsp3) is 0.941. The molecule has 136 valence electrons. The topological polar surface area (TPSA) is 50.4 Å². The lowest BCUT2D eigenvalue weighted by Crippen LogP contribution is -2.47. The maximum Gasteiger partial charge on any atom is 0.407 e. The normalized spacial score (nSPS) is 22.7. The zero-order chi connectivity index (χ0) is 17.5. The molecule has 4 nitrogen and oxygen atoms in total. The summed E-state index contributed by atoms with van der Waals surface area (Å²) in [5.74, 6) is -2.22. The van der Waals surface area contributed by atoms with Gasteiger partial charge in [0.15, 0.2) is 0 Å². The Morgan fingerprint density at radius 2 is 1.74 bits per heavy atom. The van der Waals surface area contributed by atoms with Gasteiger partial charge in [-0.05, 0) is 52.4 Å². The Morgan fingerprint density at radius 3 is 2.26 bits per heavy atom. The zero-order valence-corrected chi connectivity index (χ0v) is 14.9. The van der Waals surface area contributed by atoms with Gasteiger partial charge in [-0.3, -0.25) is 0 Å². The Morgan fingerprint density at radius 1 is 1.13 bits per heavy atom. The first-order chi connectivity index (χ1) is 10.6. The van der Waals surface area contributed by atoms with E-state index in [4.69, 9.17) is 4.74 Å². The average molecular weight is 334 g/mol. The highest BCUT2D eigenvalue weighted by Crippen LogP contribution is 2.28. The largest absolute Gasteiger partial charge is 0.444 e. The third-order valence-corrected chi connectivity index (χ3v) is 4.08. The summed E-state index contributed by atoms with van der Waals surface area (Å²) in [5, 5.41) is 5.09. The number of hydrogen-bond acceptors (Lipinski definition) is 3. The fourth-order valence-electron chi connectivity index (χ4n) is 2.94. The number of carbonyl (C=O) groups is 1. The highest BCUT2D eigenvalue weighted by molar-refractivity contribution is 5.67. The van der Waals surface area contributed by atoms with Gasteiger partial charge in [0.25, 0.3) is 5.92 Å². The number of ether oxygens (including phenoxy) is 1. The number of nitrogens with one attached hydrogen (secondary N) is 2. The van der Waals surface area contributed by atoms with Gasteiger partial charge in [0.1, 0.15) is 5.60 Å². The lowest BCUT2D eigenvalue weighted by Gasteiger charge is -2.30. The van der Waals surface area contributed by atoms with Crippen LogP contribution >= 0.6 is 0 Å². The number of carbonyl (C=O) groups excluding carboxylic acids is 1. The van der Waals surface area contributed by atoms with Crippen LogP contribution in [0.3, 0.4) is 0 Å². The van der Waals surface area contributed by atoms with Crippen LogP contribution < -0.4 is 10.6 Å². The summed E-state index contributed by atoms with van der Waals surface area (Å²) in [4.78, 5) is 11.4. The van der Waals surface area contributed by atoms with E-state index >= 15 is 0 Å². The molecule has 1 aliphatic rings. The van der Waals surface area contributed by atoms with Gasteiger partial charge < -0.3 is 15.4 Å². The Kier molecular flexibility index (Phi) is 7.71. The van der Waals surface area contributed by atoms with Crippen molar-refractivity contribution in [3.63, 3.8) is 0 Å². The van der Waals surface area contributed by atoms with Gasteiger partial charge in [0, 0.05) is 6.04 Å². The van der Waals surface area contributed by atoms with Crippen LogP contribution in [0.2, 0.25) is 0 Å². The lowest BCUT2D eigenvalue weighted by atomic mass is 9.83. The van der Waals surface area contributed by atoms with Crippen LogP contribution in [0, 0.1) is 5.92 Å². The summed E-state index contributed by atoms with van der Waals surface area (Å²) in [7, 11) is 0. The molecule has 0 bridgehead atoms. The summed E-state index contributed by atoms with van der Waals surface area (Å²) in [6.07, 6.45) is 5.78. The molecule has 1 saturated carbocycles. The molecule has 0 saturated heterocycles. The number of rotatable bonds is 7. The number of hydrogen-bond donors (Lipinski definition) is 2. The first-order valence-electron chi connectivity index (χ1n) is 8.69. The Labute approximate surface area is 138 Å². The molecule has 1 aliphatic carbocycles. The van der Waals surface area contributed by atoms with Crippen LogP contribution in [0.4, 0.5) is 13.6 Å². The second-order valence-corrected chi connectivity index (χ2v) is 7.60. The number of halogens is 2. The SMILES string of the molecule is CCCC1CCC(NCC(F)(F)CNC(=O)OC(C)(C)C)CC1. The number of alkyl halides is 2. The summed E-state index contributed by atoms with van der Waals surface area (Å²) < 4.78 is 32.6. The molecule has 6 heteroatoms. The molecule has 0 radical (unpaired) electrons. The van der Waals surface area contributed by atoms with E-state index in [-0.39, 0.29) is 6.04 Å². The van der Waals surface area contributed by atoms with Gasteiger partial charge in [0.2, 0.25) is 0 Å². The zero-order valence-electron chi connectivity index (χ0n) is 14.9. The van der Waals surface area contributed by atoms with Crippen LogP contribution in [0.5, 0.6) is 0 Å². The number of amides is 1. The van der Waals surface area contributed by atoms with Crippen molar-refractivity contribution < 1.29 is 18.3 Å². The van der Waals surface area contributed by atoms with E-state index in [0.717, 1.165) is 31.6 Å². The predicted molar refractivity (Wildman–Crippen MR) is 87.8 cm³/mol. The van der Waals surface area contributed by atoms with Gasteiger partial charge in [-0.25, -0.2) is 13.6 Å². The van der Waals surface area contributed by atoms with Gasteiger partial charge in [-0.1, -0.05) is 19.8 Å². The predicted octanol–water partition coefficient (Wildman–Crippen LogP) is 4.09. The maximum absolute atomic E-state index is 13.8. The van der Waals surface area contributed by atoms with Crippen molar-refractivity contribution in [2.75, 3.05) is 13.1 Å². The minimum atomic E-state index is -2.98. The van der Waals surface area contributed by atoms with Crippen LogP contribution in [-0.2, 0) is 4.74 Å². The molecule has 0 aromatic heterocycles. The average Bonchev–Trinajstić information content (AvgIpc) is 2.43. The molecule has 0 aliphatic heterocycles. The molecule has 1 fully saturated rings. The van der Waals surface area contributed by atoms with Crippen LogP contribution in [0.1, 0.15) is 66.2 Å². The molecule has 1 amide bonds. The Bertz CT molecular complexity index is 362. The molecule has 1 rings (SSSR count). The second kappa shape index (κ2) is 8.81. The van der Waals surface area contributed by atoms with Crippen molar-refractivity contribution in [1.82, 2.24) is 10.6 Å². The molecule has 0 atom stereocenters. The first-order valence-corrected chi connectivity index (χ1v) is 8.69. The van der Waals surface area contributed by atoms with Gasteiger partial charge >= 0.3 is 6.09 Å². The summed E-state index contributed by atoms with van der Waals surface area (Å²) in [6, 6.07) is 0.163. The van der Waals surface area contributed by atoms with E-state index < -0.39 is 30.7 Å². The second-order valence-electron chi connectivity index (χ2n) is 7.60. The van der Waals surface area contributed by atoms with Crippen molar-refractivity contribution in [3.8, 4) is 0 Å². The molecule has 0 unspecified atom stereocenters. The Balaban J connectivity index is 2.24. The van der Waals surface area contributed by atoms with Crippen LogP contribution in [0.25, 0.3) is 0 Å². The lowest BCUT2D eigenvalue weighted by molar-refractivity contribution is -0.00679. The quantitative estimate of drug-likeness (QED) is 0.737. The molecule has 0 heterocycles. The van der Waals surface area contributed by atoms with Crippen molar-refractivity contribution in [2.45, 2.75) is 83.8 Å². The van der Waals surface area contributed by atoms with Gasteiger partial charge in [-0.15, -0.1) is 0 Å². The van der Waals surface area contributed by atoms with Crippen molar-refractivity contribution in [1.29, 1.82) is 0 Å². The number of alkyl carbamates (subject to hydrolysis) is 1. The van der Waals surface area contributed by atoms with Crippen molar-refractivity contribution >= 4 is 6.09 Å². The third kappa shape index (κ3) is 9.08. The van der Waals surface area contributed by atoms with E-state index in [0.29, 0.717) is 0 Å². The van der Waals surface area contributed by atoms with Gasteiger partial charge in [-0.2, -0.15) is 0 Å². The van der Waals surface area contributed by atoms with E-state index in [1.807, 2.05) is 0 Å². The minimum absolute atomic E-state index is 0.163. The highest BCUT2D eigenvalue weighted by atomic mass is 19.3. The summed E-state index contributed by atoms with van der Waals surface area (Å²) in [5.41, 5.74) is -0.686. The summed E-state index contributed by atoms with van der Waals surface area (Å²) >= 11 is 0. The molecule has 23 heavy (non-hydrogen) atoms. The molecule has 0 aromatic rings. The van der Waals surface area contributed by atoms with E-state index in [9.17, 15) is 13.6 Å². The Hall–Kier alpha value is -0.910. The monoisotopic (exact) mass is 334 g/mol. The van der Waals surface area contributed by atoms with Crippen molar-refractivity contribution in [3.05, 3.63) is 0 Å². The van der Waals surface area contributed by atoms with Crippen LogP contribution in [-0.4, -0.2) is 36.7 Å². The molecule has 2 N–H and O–H groups in total. The third-order valence-electron chi connectivity index (χ3n) is 4.08. The molecular formula is C17H32F2N2O2. The van der Waals surface area contributed by atoms with E-state index in [1.54, 1.807) is 20.8 Å². The van der Waals surface area contributed by atoms with Gasteiger partial charge in [0.05, 0.1) is 13.1 Å². The minimum Gasteiger partial charge on any atom is -0.444 e. The smallest absolute Gasteiger partial charge is 0.407 e. The molecule has 0 spiro atoms. The van der Waals surface area contributed by atoms with E-state index in [1.165, 1.54) is 12.8 Å².